The molecule has 0 bridgehead atoms. The first-order valence-corrected chi connectivity index (χ1v) is 8.53. The summed E-state index contributed by atoms with van der Waals surface area (Å²) < 4.78 is 5.17. The van der Waals surface area contributed by atoms with Crippen LogP contribution in [0.15, 0.2) is 36.5 Å². The second-order valence-corrected chi connectivity index (χ2v) is 5.95. The lowest BCUT2D eigenvalue weighted by Gasteiger charge is -2.25. The van der Waals surface area contributed by atoms with Gasteiger partial charge in [-0.05, 0) is 43.3 Å². The van der Waals surface area contributed by atoms with Crippen molar-refractivity contribution in [3.05, 3.63) is 47.7 Å². The third-order valence-electron chi connectivity index (χ3n) is 4.26. The molecule has 134 valence electrons. The van der Waals surface area contributed by atoms with Crippen molar-refractivity contribution in [3.63, 3.8) is 0 Å². The third-order valence-corrected chi connectivity index (χ3v) is 4.26. The predicted octanol–water partition coefficient (Wildman–Crippen LogP) is 2.01. The maximum absolute atomic E-state index is 12.8. The Labute approximate surface area is 152 Å². The molecular weight excluding hydrogens is 330 g/mol. The molecule has 2 N–H and O–H groups in total. The zero-order chi connectivity index (χ0) is 18.4. The van der Waals surface area contributed by atoms with Crippen LogP contribution in [0.3, 0.4) is 0 Å². The first-order valence-electron chi connectivity index (χ1n) is 8.53. The van der Waals surface area contributed by atoms with E-state index in [9.17, 15) is 10.1 Å². The molecule has 2 heterocycles. The van der Waals surface area contributed by atoms with Gasteiger partial charge in [-0.1, -0.05) is 0 Å². The summed E-state index contributed by atoms with van der Waals surface area (Å²) in [6, 6.07) is 10.8. The molecule has 2 aromatic rings. The molecule has 0 saturated carbocycles. The molecule has 0 aliphatic carbocycles. The molecule has 7 nitrogen and oxygen atoms in total. The Hall–Kier alpha value is -3.11. The summed E-state index contributed by atoms with van der Waals surface area (Å²) >= 11 is 0. The van der Waals surface area contributed by atoms with E-state index < -0.39 is 0 Å². The van der Waals surface area contributed by atoms with Gasteiger partial charge in [0.25, 0.3) is 5.91 Å². The number of methoxy groups -OCH3 is 1. The van der Waals surface area contributed by atoms with Crippen molar-refractivity contribution in [2.24, 2.45) is 0 Å². The number of ether oxygens (including phenoxy) is 1. The van der Waals surface area contributed by atoms with Crippen molar-refractivity contribution in [1.82, 2.24) is 10.3 Å². The lowest BCUT2D eigenvalue weighted by Crippen LogP contribution is -2.29. The monoisotopic (exact) mass is 351 g/mol. The number of carbonyl (C=O) groups is 1. The zero-order valence-electron chi connectivity index (χ0n) is 14.7. The predicted molar refractivity (Wildman–Crippen MR) is 99.6 cm³/mol. The highest BCUT2D eigenvalue weighted by atomic mass is 16.5. The number of nitrogens with zero attached hydrogens (tertiary/aromatic N) is 3. The molecule has 0 spiro atoms. The summed E-state index contributed by atoms with van der Waals surface area (Å²) in [7, 11) is 1.48. The van der Waals surface area contributed by atoms with Gasteiger partial charge in [-0.2, -0.15) is 5.26 Å². The van der Waals surface area contributed by atoms with Crippen molar-refractivity contribution in [2.45, 2.75) is 6.42 Å². The van der Waals surface area contributed by atoms with Gasteiger partial charge in [-0.15, -0.1) is 0 Å². The molecule has 1 aromatic heterocycles. The molecule has 0 radical (unpaired) electrons. The molecule has 1 amide bonds. The third kappa shape index (κ3) is 3.92. The lowest BCUT2D eigenvalue weighted by molar-refractivity contribution is 0.102. The minimum Gasteiger partial charge on any atom is -0.480 e. The number of rotatable bonds is 4. The Bertz CT molecular complexity index is 823. The van der Waals surface area contributed by atoms with E-state index in [1.807, 2.05) is 6.07 Å². The van der Waals surface area contributed by atoms with E-state index >= 15 is 0 Å². The molecule has 0 unspecified atom stereocenters. The van der Waals surface area contributed by atoms with Crippen LogP contribution in [-0.2, 0) is 0 Å². The number of hydrogen-bond acceptors (Lipinski definition) is 6. The van der Waals surface area contributed by atoms with Crippen molar-refractivity contribution in [2.75, 3.05) is 43.5 Å². The lowest BCUT2D eigenvalue weighted by atomic mass is 10.1. The number of carbonyl (C=O) groups excluding carboxylic acids is 1. The zero-order valence-corrected chi connectivity index (χ0v) is 14.7. The first kappa shape index (κ1) is 17.7. The van der Waals surface area contributed by atoms with Gasteiger partial charge in [0.2, 0.25) is 5.88 Å². The number of nitrogens with one attached hydrogen (secondary N) is 2. The molecule has 26 heavy (non-hydrogen) atoms. The minimum atomic E-state index is -0.320. The highest BCUT2D eigenvalue weighted by Crippen LogP contribution is 2.29. The molecule has 1 fully saturated rings. The van der Waals surface area contributed by atoms with E-state index in [-0.39, 0.29) is 11.8 Å². The standard InChI is InChI=1S/C19H21N5O2/c1-26-19-15(4-2-8-22-19)18(25)23-16-12-14(13-20)5-6-17(16)24-10-3-7-21-9-11-24/h2,4-6,8,12,21H,3,7,9-11H2,1H3,(H,23,25). The van der Waals surface area contributed by atoms with Crippen molar-refractivity contribution < 1.29 is 9.53 Å². The van der Waals surface area contributed by atoms with Gasteiger partial charge < -0.3 is 20.3 Å². The van der Waals surface area contributed by atoms with Crippen LogP contribution in [0.4, 0.5) is 11.4 Å². The number of benzene rings is 1. The van der Waals surface area contributed by atoms with Crippen molar-refractivity contribution in [3.8, 4) is 11.9 Å². The number of hydrogen-bond donors (Lipinski definition) is 2. The van der Waals surface area contributed by atoms with E-state index in [1.165, 1.54) is 7.11 Å². The van der Waals surface area contributed by atoms with Gasteiger partial charge >= 0.3 is 0 Å². The van der Waals surface area contributed by atoms with Crippen molar-refractivity contribution >= 4 is 17.3 Å². The summed E-state index contributed by atoms with van der Waals surface area (Å²) in [6.45, 7) is 3.58. The maximum atomic E-state index is 12.8. The van der Waals surface area contributed by atoms with Crippen LogP contribution in [-0.4, -0.2) is 44.2 Å². The average molecular weight is 351 g/mol. The summed E-state index contributed by atoms with van der Waals surface area (Å²) in [5.74, 6) is -0.0544. The first-order chi connectivity index (χ1) is 12.7. The van der Waals surface area contributed by atoms with Crippen LogP contribution < -0.4 is 20.3 Å². The fourth-order valence-electron chi connectivity index (χ4n) is 2.98. The molecule has 1 saturated heterocycles. The van der Waals surface area contributed by atoms with Gasteiger partial charge in [-0.3, -0.25) is 4.79 Å². The second kappa shape index (κ2) is 8.32. The number of pyridine rings is 1. The van der Waals surface area contributed by atoms with Gasteiger partial charge in [0.1, 0.15) is 5.56 Å². The summed E-state index contributed by atoms with van der Waals surface area (Å²) in [5, 5.41) is 15.5. The number of aromatic nitrogens is 1. The molecule has 3 rings (SSSR count). The molecule has 1 aromatic carbocycles. The van der Waals surface area contributed by atoms with Crippen LogP contribution >= 0.6 is 0 Å². The smallest absolute Gasteiger partial charge is 0.261 e. The fourth-order valence-corrected chi connectivity index (χ4v) is 2.98. The van der Waals surface area contributed by atoms with Crippen LogP contribution in [0, 0.1) is 11.3 Å². The van der Waals surface area contributed by atoms with Crippen LogP contribution in [0.5, 0.6) is 5.88 Å². The number of anilines is 2. The Balaban J connectivity index is 1.92. The van der Waals surface area contributed by atoms with Gasteiger partial charge in [0.05, 0.1) is 30.1 Å². The quantitative estimate of drug-likeness (QED) is 0.876. The molecule has 1 aliphatic heterocycles. The number of amides is 1. The van der Waals surface area contributed by atoms with Crippen LogP contribution in [0.2, 0.25) is 0 Å². The Morgan fingerprint density at radius 2 is 2.23 bits per heavy atom. The van der Waals surface area contributed by atoms with E-state index in [2.05, 4.69) is 26.6 Å². The Morgan fingerprint density at radius 3 is 3.04 bits per heavy atom. The normalized spacial score (nSPS) is 14.2. The SMILES string of the molecule is COc1ncccc1C(=O)Nc1cc(C#N)ccc1N1CCCNCC1. The highest BCUT2D eigenvalue weighted by Gasteiger charge is 2.18. The number of nitriles is 1. The summed E-state index contributed by atoms with van der Waals surface area (Å²) in [5.41, 5.74) is 2.36. The average Bonchev–Trinajstić information content (AvgIpc) is 2.97. The highest BCUT2D eigenvalue weighted by molar-refractivity contribution is 6.07. The molecule has 7 heteroatoms. The summed E-state index contributed by atoms with van der Waals surface area (Å²) in [4.78, 5) is 19.0. The molecule has 1 aliphatic rings. The van der Waals surface area contributed by atoms with Gasteiger partial charge in [0, 0.05) is 25.8 Å². The van der Waals surface area contributed by atoms with Gasteiger partial charge in [0.15, 0.2) is 0 Å². The van der Waals surface area contributed by atoms with Crippen molar-refractivity contribution in [1.29, 1.82) is 5.26 Å². The second-order valence-electron chi connectivity index (χ2n) is 5.95. The van der Waals surface area contributed by atoms with Crippen LogP contribution in [0.1, 0.15) is 22.3 Å². The summed E-state index contributed by atoms with van der Waals surface area (Å²) in [6.07, 6.45) is 2.59. The molecular formula is C19H21N5O2. The van der Waals surface area contributed by atoms with E-state index in [0.717, 1.165) is 38.3 Å². The largest absolute Gasteiger partial charge is 0.480 e. The van der Waals surface area contributed by atoms with E-state index in [0.29, 0.717) is 16.8 Å². The topological polar surface area (TPSA) is 90.3 Å². The van der Waals surface area contributed by atoms with Gasteiger partial charge in [-0.25, -0.2) is 4.98 Å². The minimum absolute atomic E-state index is 0.266. The maximum Gasteiger partial charge on any atom is 0.261 e. The van der Waals surface area contributed by atoms with E-state index in [4.69, 9.17) is 4.74 Å². The van der Waals surface area contributed by atoms with E-state index in [1.54, 1.807) is 30.5 Å². The molecule has 0 atom stereocenters. The Kier molecular flexibility index (Phi) is 5.66. The fraction of sp³-hybridized carbons (Fsp3) is 0.316. The Morgan fingerprint density at radius 1 is 1.35 bits per heavy atom. The van der Waals surface area contributed by atoms with Crippen LogP contribution in [0.25, 0.3) is 0 Å².